The number of nitrogens with zero attached hydrogens (tertiary/aromatic N) is 2. The number of aromatic nitrogens is 2. The van der Waals surface area contributed by atoms with Gasteiger partial charge in [-0.2, -0.15) is 0 Å². The summed E-state index contributed by atoms with van der Waals surface area (Å²) >= 11 is 0. The van der Waals surface area contributed by atoms with Crippen LogP contribution < -0.4 is 34.1 Å². The number of ketones is 1. The molecule has 2 heterocycles. The third kappa shape index (κ3) is 9.16. The van der Waals surface area contributed by atoms with Crippen LogP contribution in [0, 0.1) is 0 Å². The summed E-state index contributed by atoms with van der Waals surface area (Å²) in [6.45, 7) is 4.87. The smallest absolute Gasteiger partial charge is 0.870 e. The molecular weight excluding hydrogens is 757 g/mol. The zero-order valence-electron chi connectivity index (χ0n) is 34.7. The Morgan fingerprint density at radius 1 is 0.717 bits per heavy atom. The number of carbonyl (C=O) groups excluding carboxylic acids is 3. The summed E-state index contributed by atoms with van der Waals surface area (Å²) in [5.41, 5.74) is 17.0. The Hall–Kier alpha value is -5.80. The number of primary amides is 1. The van der Waals surface area contributed by atoms with E-state index in [1.54, 1.807) is 0 Å². The third-order valence-electron chi connectivity index (χ3n) is 11.2. The zero-order chi connectivity index (χ0) is 40.9. The molecule has 0 saturated carbocycles. The summed E-state index contributed by atoms with van der Waals surface area (Å²) in [7, 11) is 1.38. The Kier molecular flexibility index (Phi) is 15.1. The van der Waals surface area contributed by atoms with Crippen molar-refractivity contribution in [3.63, 3.8) is 0 Å². The van der Waals surface area contributed by atoms with Crippen molar-refractivity contribution in [1.82, 2.24) is 9.13 Å². The topological polar surface area (TPSA) is 182 Å². The molecule has 1 amide bonds. The molecule has 0 saturated heterocycles. The summed E-state index contributed by atoms with van der Waals surface area (Å²) in [5, 5.41) is 10.7. The second kappa shape index (κ2) is 20.0. The number of nitrogens with two attached hydrogens (primary N) is 1. The van der Waals surface area contributed by atoms with Gasteiger partial charge in [-0.15, -0.1) is 0 Å². The summed E-state index contributed by atoms with van der Waals surface area (Å²) in [4.78, 5) is 47.6. The molecule has 2 aliphatic rings. The van der Waals surface area contributed by atoms with Crippen LogP contribution in [-0.2, 0) is 70.7 Å². The number of esters is 1. The van der Waals surface area contributed by atoms with E-state index in [0.717, 1.165) is 78.4 Å². The van der Waals surface area contributed by atoms with Gasteiger partial charge >= 0.3 is 30.8 Å². The van der Waals surface area contributed by atoms with Crippen molar-refractivity contribution in [3.8, 4) is 11.5 Å². The number of hydrogen-bond acceptors (Lipinski definition) is 8. The second-order valence-corrected chi connectivity index (χ2v) is 14.8. The molecule has 6 aromatic rings. The number of carboxylic acids is 1. The van der Waals surface area contributed by atoms with E-state index in [2.05, 4.69) is 58.5 Å². The first-order valence-electron chi connectivity index (χ1n) is 20.0. The fraction of sp³-hybridized carbons (Fsp3) is 0.319. The van der Waals surface area contributed by atoms with Crippen molar-refractivity contribution in [1.29, 1.82) is 0 Å². The largest absolute Gasteiger partial charge is 1.00 e. The molecule has 13 heteroatoms. The van der Waals surface area contributed by atoms with Crippen molar-refractivity contribution in [2.45, 2.75) is 78.3 Å². The fourth-order valence-corrected chi connectivity index (χ4v) is 8.68. The van der Waals surface area contributed by atoms with Crippen LogP contribution in [0.5, 0.6) is 11.5 Å². The molecule has 308 valence electrons. The predicted molar refractivity (Wildman–Crippen MR) is 224 cm³/mol. The molecule has 4 aromatic carbocycles. The van der Waals surface area contributed by atoms with E-state index in [9.17, 15) is 19.2 Å². The number of ether oxygens (including phenoxy) is 3. The van der Waals surface area contributed by atoms with Crippen LogP contribution >= 0.6 is 0 Å². The standard InChI is InChI=1S/C24H24N2O5.C23H25NO3.Li.H2O/c1-2-17-20(23(29)24(25)30)21-18(31-13-19(27)28)11-15-9-6-10-16(15)22(21)26(17)12-14-7-4-3-5-8-14;1-3-18-13-20-21(27-15-22(25)26-2)12-17-10-7-11-19(17)23(20)24(18)14-16-8-5-4-6-9-16;;/h3-5,7-8,11H,2,6,9-10,12-13H2,1H3,(H2,25,30)(H,27,28);4-6,8-9,12-13H,3,7,10-11,14-15H2,1-2H3;;1H2/q;;+1;/p-1. The number of aryl methyl sites for hydroxylation is 5. The van der Waals surface area contributed by atoms with E-state index < -0.39 is 24.3 Å². The minimum Gasteiger partial charge on any atom is -0.870 e. The SMILES string of the molecule is CCc1c(C(=O)C(N)=O)c2c(OCC(=O)O)cc3c(c2n1Cc1ccccc1)CCC3.CCc1cc2c(OCC(=O)OC)cc3c(c2n1Cc1ccccc1)CCC3.[Li+].[OH-]. The maximum Gasteiger partial charge on any atom is 1.00 e. The molecule has 2 aliphatic carbocycles. The van der Waals surface area contributed by atoms with E-state index >= 15 is 0 Å². The van der Waals surface area contributed by atoms with Gasteiger partial charge in [-0.3, -0.25) is 9.59 Å². The number of benzene rings is 4. The van der Waals surface area contributed by atoms with E-state index in [1.807, 2.05) is 43.3 Å². The molecule has 12 nitrogen and oxygen atoms in total. The van der Waals surface area contributed by atoms with Crippen molar-refractivity contribution >= 4 is 45.4 Å². The van der Waals surface area contributed by atoms with Crippen LogP contribution in [0.4, 0.5) is 0 Å². The van der Waals surface area contributed by atoms with Gasteiger partial charge < -0.3 is 39.7 Å². The Morgan fingerprint density at radius 3 is 1.80 bits per heavy atom. The molecule has 0 fully saturated rings. The number of amides is 1. The van der Waals surface area contributed by atoms with Crippen LogP contribution in [0.25, 0.3) is 21.8 Å². The minimum atomic E-state index is -1.11. The Balaban J connectivity index is 0.000000222. The van der Waals surface area contributed by atoms with Gasteiger partial charge in [0.25, 0.3) is 11.7 Å². The van der Waals surface area contributed by atoms with E-state index in [1.165, 1.54) is 41.4 Å². The molecule has 0 aliphatic heterocycles. The van der Waals surface area contributed by atoms with Gasteiger partial charge in [0.2, 0.25) is 0 Å². The maximum atomic E-state index is 12.9. The van der Waals surface area contributed by atoms with Gasteiger partial charge in [-0.25, -0.2) is 9.59 Å². The maximum absolute atomic E-state index is 12.9. The molecule has 0 radical (unpaired) electrons. The first-order valence-corrected chi connectivity index (χ1v) is 20.0. The molecule has 4 N–H and O–H groups in total. The summed E-state index contributed by atoms with van der Waals surface area (Å²) in [5.74, 6) is -2.20. The quantitative estimate of drug-likeness (QED) is 0.0712. The summed E-state index contributed by atoms with van der Waals surface area (Å²) in [6, 6.07) is 26.6. The first kappa shape index (κ1) is 45.3. The molecule has 0 bridgehead atoms. The molecule has 0 unspecified atom stereocenters. The Morgan fingerprint density at radius 2 is 1.27 bits per heavy atom. The molecule has 8 rings (SSSR count). The van der Waals surface area contributed by atoms with Crippen molar-refractivity contribution in [2.75, 3.05) is 20.3 Å². The monoisotopic (exact) mass is 807 g/mol. The molecule has 0 spiro atoms. The zero-order valence-corrected chi connectivity index (χ0v) is 34.7. The van der Waals surface area contributed by atoms with E-state index in [-0.39, 0.29) is 42.5 Å². The minimum absolute atomic E-state index is 0. The number of fused-ring (bicyclic) bond motifs is 6. The van der Waals surface area contributed by atoms with E-state index in [4.69, 9.17) is 25.1 Å². The van der Waals surface area contributed by atoms with Crippen LogP contribution in [0.1, 0.15) is 81.8 Å². The Bertz CT molecular complexity index is 2530. The van der Waals surface area contributed by atoms with Gasteiger partial charge in [0.05, 0.1) is 29.1 Å². The van der Waals surface area contributed by atoms with Crippen molar-refractivity contribution in [2.24, 2.45) is 5.73 Å². The predicted octanol–water partition coefficient (Wildman–Crippen LogP) is 3.99. The summed E-state index contributed by atoms with van der Waals surface area (Å²) in [6.07, 6.45) is 7.45. The average molecular weight is 808 g/mol. The number of Topliss-reactive ketones (excluding diaryl/α,β-unsaturated/α-hetero) is 1. The van der Waals surface area contributed by atoms with Crippen LogP contribution in [0.3, 0.4) is 0 Å². The van der Waals surface area contributed by atoms with Gasteiger partial charge in [-0.05, 0) is 103 Å². The normalized spacial score (nSPS) is 12.4. The van der Waals surface area contributed by atoms with Gasteiger partial charge in [0.1, 0.15) is 11.5 Å². The van der Waals surface area contributed by atoms with Crippen LogP contribution in [0.2, 0.25) is 0 Å². The van der Waals surface area contributed by atoms with E-state index in [0.29, 0.717) is 29.8 Å². The van der Waals surface area contributed by atoms with Gasteiger partial charge in [-0.1, -0.05) is 74.5 Å². The third-order valence-corrected chi connectivity index (χ3v) is 11.2. The number of aliphatic carboxylic acids is 1. The molecular formula is C47H50LiN3O9. The van der Waals surface area contributed by atoms with Crippen LogP contribution in [-0.4, -0.2) is 63.7 Å². The van der Waals surface area contributed by atoms with Gasteiger partial charge in [0.15, 0.2) is 13.2 Å². The van der Waals surface area contributed by atoms with Crippen LogP contribution in [0.15, 0.2) is 78.9 Å². The number of hydrogen-bond donors (Lipinski definition) is 2. The number of carboxylic acid groups (broad SMARTS) is 1. The first-order chi connectivity index (χ1) is 28.1. The molecule has 0 atom stereocenters. The number of methoxy groups -OCH3 is 1. The number of carbonyl (C=O) groups is 4. The number of rotatable bonds is 14. The van der Waals surface area contributed by atoms with Gasteiger partial charge in [0, 0.05) is 29.9 Å². The summed E-state index contributed by atoms with van der Waals surface area (Å²) < 4.78 is 20.7. The van der Waals surface area contributed by atoms with Crippen molar-refractivity contribution in [3.05, 3.63) is 129 Å². The molecule has 60 heavy (non-hydrogen) atoms. The molecule has 2 aromatic heterocycles. The average Bonchev–Trinajstić information content (AvgIpc) is 4.04. The second-order valence-electron chi connectivity index (χ2n) is 14.8. The Labute approximate surface area is 361 Å². The van der Waals surface area contributed by atoms with Crippen molar-refractivity contribution < 1.29 is 62.8 Å². The fourth-order valence-electron chi connectivity index (χ4n) is 8.68.